The Morgan fingerprint density at radius 3 is 2.72 bits per heavy atom. The number of ether oxygens (including phenoxy) is 1. The Bertz CT molecular complexity index is 604. The fraction of sp³-hybridized carbons (Fsp3) is 0. The summed E-state index contributed by atoms with van der Waals surface area (Å²) in [7, 11) is 0. The molecule has 0 saturated carbocycles. The molecule has 6 heteroatoms. The van der Waals surface area contributed by atoms with Crippen LogP contribution in [0.25, 0.3) is 0 Å². The van der Waals surface area contributed by atoms with Crippen LogP contribution in [0.1, 0.15) is 5.69 Å². The van der Waals surface area contributed by atoms with E-state index < -0.39 is 5.82 Å². The normalized spacial score (nSPS) is 10.1. The summed E-state index contributed by atoms with van der Waals surface area (Å²) in [5.41, 5.74) is 5.51. The topological polar surface area (TPSA) is 72.0 Å². The van der Waals surface area contributed by atoms with E-state index in [2.05, 4.69) is 4.98 Å². The number of nitrogens with one attached hydrogen (secondary N) is 1. The maximum atomic E-state index is 13.7. The first-order chi connectivity index (χ1) is 8.59. The first-order valence-electron chi connectivity index (χ1n) is 5.01. The molecule has 2 aromatic rings. The van der Waals surface area contributed by atoms with Crippen molar-refractivity contribution in [3.05, 3.63) is 53.1 Å². The SMILES string of the molecule is N=C(N)c1ncccc1Oc1cccc(Cl)c1F. The molecule has 0 radical (unpaired) electrons. The van der Waals surface area contributed by atoms with E-state index in [0.717, 1.165) is 0 Å². The summed E-state index contributed by atoms with van der Waals surface area (Å²) in [6, 6.07) is 7.55. The molecule has 0 atom stereocenters. The van der Waals surface area contributed by atoms with Crippen molar-refractivity contribution in [2.45, 2.75) is 0 Å². The number of benzene rings is 1. The molecule has 0 amide bonds. The molecule has 18 heavy (non-hydrogen) atoms. The van der Waals surface area contributed by atoms with Crippen LogP contribution in [0.4, 0.5) is 4.39 Å². The van der Waals surface area contributed by atoms with E-state index in [1.54, 1.807) is 18.2 Å². The second-order valence-electron chi connectivity index (χ2n) is 3.42. The lowest BCUT2D eigenvalue weighted by Crippen LogP contribution is -2.14. The predicted molar refractivity (Wildman–Crippen MR) is 66.7 cm³/mol. The molecule has 4 nitrogen and oxygen atoms in total. The number of amidine groups is 1. The standard InChI is InChI=1S/C12H9ClFN3O/c13-7-3-1-4-8(10(7)14)18-9-5-2-6-17-11(9)12(15)16/h1-6H,(H3,15,16). The Kier molecular flexibility index (Phi) is 3.43. The van der Waals surface area contributed by atoms with Crippen molar-refractivity contribution in [3.63, 3.8) is 0 Å². The number of rotatable bonds is 3. The van der Waals surface area contributed by atoms with Crippen molar-refractivity contribution < 1.29 is 9.13 Å². The molecule has 0 unspecified atom stereocenters. The van der Waals surface area contributed by atoms with E-state index >= 15 is 0 Å². The molecular formula is C12H9ClFN3O. The number of nitrogens with two attached hydrogens (primary N) is 1. The van der Waals surface area contributed by atoms with Crippen LogP contribution >= 0.6 is 11.6 Å². The van der Waals surface area contributed by atoms with Crippen LogP contribution in [-0.4, -0.2) is 10.8 Å². The minimum Gasteiger partial charge on any atom is -0.452 e. The maximum Gasteiger partial charge on any atom is 0.184 e. The van der Waals surface area contributed by atoms with Gasteiger partial charge in [0.2, 0.25) is 0 Å². The van der Waals surface area contributed by atoms with Crippen molar-refractivity contribution in [2.75, 3.05) is 0 Å². The third-order valence-corrected chi connectivity index (χ3v) is 2.45. The summed E-state index contributed by atoms with van der Waals surface area (Å²) in [6.45, 7) is 0. The molecule has 92 valence electrons. The molecule has 1 heterocycles. The first kappa shape index (κ1) is 12.3. The monoisotopic (exact) mass is 265 g/mol. The van der Waals surface area contributed by atoms with E-state index in [4.69, 9.17) is 27.5 Å². The van der Waals surface area contributed by atoms with Gasteiger partial charge in [-0.3, -0.25) is 5.41 Å². The average molecular weight is 266 g/mol. The highest BCUT2D eigenvalue weighted by Crippen LogP contribution is 2.29. The van der Waals surface area contributed by atoms with Gasteiger partial charge in [-0.25, -0.2) is 9.37 Å². The Balaban J connectivity index is 2.40. The number of pyridine rings is 1. The largest absolute Gasteiger partial charge is 0.452 e. The molecule has 0 spiro atoms. The van der Waals surface area contributed by atoms with Crippen LogP contribution < -0.4 is 10.5 Å². The molecule has 0 bridgehead atoms. The van der Waals surface area contributed by atoms with E-state index in [1.807, 2.05) is 0 Å². The van der Waals surface area contributed by atoms with E-state index in [0.29, 0.717) is 0 Å². The zero-order chi connectivity index (χ0) is 13.1. The molecule has 0 aliphatic rings. The minimum absolute atomic E-state index is 0.0410. The van der Waals surface area contributed by atoms with Crippen LogP contribution in [0.3, 0.4) is 0 Å². The van der Waals surface area contributed by atoms with Gasteiger partial charge in [0.25, 0.3) is 0 Å². The maximum absolute atomic E-state index is 13.7. The number of nitrogens with zero attached hydrogens (tertiary/aromatic N) is 1. The molecule has 0 fully saturated rings. The van der Waals surface area contributed by atoms with Gasteiger partial charge < -0.3 is 10.5 Å². The quantitative estimate of drug-likeness (QED) is 0.662. The van der Waals surface area contributed by atoms with Gasteiger partial charge in [-0.1, -0.05) is 17.7 Å². The number of nitrogen functional groups attached to an aromatic ring is 1. The summed E-state index contributed by atoms with van der Waals surface area (Å²) in [5, 5.41) is 7.31. The number of hydrogen-bond acceptors (Lipinski definition) is 3. The lowest BCUT2D eigenvalue weighted by molar-refractivity contribution is 0.440. The highest BCUT2D eigenvalue weighted by Gasteiger charge is 2.12. The van der Waals surface area contributed by atoms with Crippen LogP contribution in [-0.2, 0) is 0 Å². The van der Waals surface area contributed by atoms with Gasteiger partial charge in [0.05, 0.1) is 5.02 Å². The van der Waals surface area contributed by atoms with Crippen LogP contribution in [0.2, 0.25) is 5.02 Å². The van der Waals surface area contributed by atoms with Crippen molar-refractivity contribution in [1.29, 1.82) is 5.41 Å². The van der Waals surface area contributed by atoms with Gasteiger partial charge in [-0.15, -0.1) is 0 Å². The summed E-state index contributed by atoms with van der Waals surface area (Å²) >= 11 is 5.64. The zero-order valence-electron chi connectivity index (χ0n) is 9.15. The Hall–Kier alpha value is -2.14. The van der Waals surface area contributed by atoms with Gasteiger partial charge in [0.15, 0.2) is 17.3 Å². The van der Waals surface area contributed by atoms with Crippen molar-refractivity contribution in [1.82, 2.24) is 4.98 Å². The predicted octanol–water partition coefficient (Wildman–Crippen LogP) is 2.95. The van der Waals surface area contributed by atoms with E-state index in [-0.39, 0.29) is 28.1 Å². The Morgan fingerprint density at radius 1 is 1.28 bits per heavy atom. The highest BCUT2D eigenvalue weighted by molar-refractivity contribution is 6.30. The summed E-state index contributed by atoms with van der Waals surface area (Å²) in [6.07, 6.45) is 1.47. The fourth-order valence-electron chi connectivity index (χ4n) is 1.36. The Labute approximate surface area is 108 Å². The van der Waals surface area contributed by atoms with Crippen LogP contribution in [0.15, 0.2) is 36.5 Å². The second-order valence-corrected chi connectivity index (χ2v) is 3.83. The third-order valence-electron chi connectivity index (χ3n) is 2.16. The lowest BCUT2D eigenvalue weighted by Gasteiger charge is -2.10. The van der Waals surface area contributed by atoms with Gasteiger partial charge >= 0.3 is 0 Å². The number of aromatic nitrogens is 1. The lowest BCUT2D eigenvalue weighted by atomic mass is 10.3. The highest BCUT2D eigenvalue weighted by atomic mass is 35.5. The molecule has 0 aliphatic carbocycles. The first-order valence-corrected chi connectivity index (χ1v) is 5.38. The molecule has 0 saturated heterocycles. The number of hydrogen-bond donors (Lipinski definition) is 2. The molecule has 3 N–H and O–H groups in total. The molecule has 0 aliphatic heterocycles. The van der Waals surface area contributed by atoms with Crippen molar-refractivity contribution >= 4 is 17.4 Å². The zero-order valence-corrected chi connectivity index (χ0v) is 9.91. The summed E-state index contributed by atoms with van der Waals surface area (Å²) in [5.74, 6) is -0.769. The minimum atomic E-state index is -0.669. The van der Waals surface area contributed by atoms with Crippen LogP contribution in [0.5, 0.6) is 11.5 Å². The molecular weight excluding hydrogens is 257 g/mol. The van der Waals surface area contributed by atoms with Gasteiger partial charge in [-0.05, 0) is 24.3 Å². The van der Waals surface area contributed by atoms with Crippen LogP contribution in [0, 0.1) is 11.2 Å². The molecule has 2 rings (SSSR count). The average Bonchev–Trinajstić information content (AvgIpc) is 2.35. The van der Waals surface area contributed by atoms with Crippen molar-refractivity contribution in [3.8, 4) is 11.5 Å². The fourth-order valence-corrected chi connectivity index (χ4v) is 1.52. The van der Waals surface area contributed by atoms with Gasteiger partial charge in [-0.2, -0.15) is 0 Å². The molecule has 1 aromatic carbocycles. The molecule has 1 aromatic heterocycles. The summed E-state index contributed by atoms with van der Waals surface area (Å²) in [4.78, 5) is 3.90. The van der Waals surface area contributed by atoms with E-state index in [1.165, 1.54) is 18.3 Å². The van der Waals surface area contributed by atoms with E-state index in [9.17, 15) is 4.39 Å². The number of halogens is 2. The second kappa shape index (κ2) is 5.01. The summed E-state index contributed by atoms with van der Waals surface area (Å²) < 4.78 is 19.0. The Morgan fingerprint density at radius 2 is 2.00 bits per heavy atom. The third kappa shape index (κ3) is 2.41. The smallest absolute Gasteiger partial charge is 0.184 e. The van der Waals surface area contributed by atoms with Gasteiger partial charge in [0.1, 0.15) is 11.5 Å². The van der Waals surface area contributed by atoms with Gasteiger partial charge in [0, 0.05) is 6.20 Å². The van der Waals surface area contributed by atoms with Crippen molar-refractivity contribution in [2.24, 2.45) is 5.73 Å².